The summed E-state index contributed by atoms with van der Waals surface area (Å²) >= 11 is 11.1. The zero-order chi connectivity index (χ0) is 8.55. The van der Waals surface area contributed by atoms with Crippen LogP contribution in [0.15, 0.2) is 23.6 Å². The van der Waals surface area contributed by atoms with E-state index in [-0.39, 0.29) is 0 Å². The quantitative estimate of drug-likeness (QED) is 0.665. The molecule has 0 radical (unpaired) electrons. The number of rotatable bonds is 1. The Morgan fingerprint density at radius 1 is 1.42 bits per heavy atom. The molecule has 1 heterocycles. The summed E-state index contributed by atoms with van der Waals surface area (Å²) in [5, 5.41) is 6.41. The van der Waals surface area contributed by atoms with Crippen molar-refractivity contribution in [3.8, 4) is 0 Å². The van der Waals surface area contributed by atoms with Crippen molar-refractivity contribution in [2.45, 2.75) is 5.33 Å². The molecule has 0 bridgehead atoms. The molecule has 62 valence electrons. The van der Waals surface area contributed by atoms with Crippen molar-refractivity contribution < 1.29 is 0 Å². The number of fused-ring (bicyclic) bond motifs is 1. The van der Waals surface area contributed by atoms with Crippen molar-refractivity contribution >= 4 is 49.6 Å². The third-order valence-corrected chi connectivity index (χ3v) is 3.95. The Balaban J connectivity index is 2.75. The van der Waals surface area contributed by atoms with Crippen molar-refractivity contribution in [3.63, 3.8) is 0 Å². The molecule has 2 rings (SSSR count). The van der Waals surface area contributed by atoms with E-state index in [0.717, 1.165) is 10.4 Å². The fourth-order valence-electron chi connectivity index (χ4n) is 1.17. The van der Waals surface area contributed by atoms with Gasteiger partial charge in [-0.25, -0.2) is 0 Å². The van der Waals surface area contributed by atoms with Gasteiger partial charge in [0.25, 0.3) is 0 Å². The second-order valence-corrected chi connectivity index (χ2v) is 4.49. The molecule has 1 aromatic carbocycles. The molecule has 0 saturated carbocycles. The Morgan fingerprint density at radius 2 is 2.25 bits per heavy atom. The van der Waals surface area contributed by atoms with E-state index in [1.165, 1.54) is 15.6 Å². The molecule has 0 aliphatic rings. The number of hydrogen-bond acceptors (Lipinski definition) is 1. The minimum atomic E-state index is 0.808. The third-order valence-electron chi connectivity index (χ3n) is 1.77. The van der Waals surface area contributed by atoms with Crippen LogP contribution in [0.2, 0.25) is 5.02 Å². The van der Waals surface area contributed by atoms with Gasteiger partial charge in [-0.1, -0.05) is 33.6 Å². The van der Waals surface area contributed by atoms with Crippen molar-refractivity contribution in [2.75, 3.05) is 0 Å². The molecule has 0 nitrogen and oxygen atoms in total. The van der Waals surface area contributed by atoms with Gasteiger partial charge < -0.3 is 0 Å². The van der Waals surface area contributed by atoms with E-state index in [1.807, 2.05) is 12.1 Å². The van der Waals surface area contributed by atoms with Crippen LogP contribution in [-0.4, -0.2) is 0 Å². The Kier molecular flexibility index (Phi) is 2.40. The van der Waals surface area contributed by atoms with Gasteiger partial charge in [-0.2, -0.15) is 0 Å². The van der Waals surface area contributed by atoms with E-state index in [2.05, 4.69) is 27.4 Å². The first-order chi connectivity index (χ1) is 5.81. The van der Waals surface area contributed by atoms with Gasteiger partial charge in [-0.05, 0) is 28.3 Å². The maximum Gasteiger partial charge on any atom is 0.0412 e. The minimum absolute atomic E-state index is 0.808. The number of benzene rings is 1. The summed E-state index contributed by atoms with van der Waals surface area (Å²) in [4.78, 5) is 1.34. The molecule has 2 aromatic rings. The van der Waals surface area contributed by atoms with Gasteiger partial charge in [-0.3, -0.25) is 0 Å². The summed E-state index contributed by atoms with van der Waals surface area (Å²) in [6.07, 6.45) is 0. The smallest absolute Gasteiger partial charge is 0.0412 e. The third kappa shape index (κ3) is 1.39. The predicted octanol–water partition coefficient (Wildman–Crippen LogP) is 4.45. The van der Waals surface area contributed by atoms with Crippen LogP contribution in [0.25, 0.3) is 10.8 Å². The first-order valence-electron chi connectivity index (χ1n) is 3.53. The number of alkyl halides is 1. The maximum atomic E-state index is 5.89. The average Bonchev–Trinajstić information content (AvgIpc) is 2.46. The predicted molar refractivity (Wildman–Crippen MR) is 59.5 cm³/mol. The highest BCUT2D eigenvalue weighted by Crippen LogP contribution is 2.29. The molecule has 3 heteroatoms. The van der Waals surface area contributed by atoms with Crippen molar-refractivity contribution in [2.24, 2.45) is 0 Å². The maximum absolute atomic E-state index is 5.89. The molecular formula is C9H6BrClS. The van der Waals surface area contributed by atoms with E-state index in [4.69, 9.17) is 11.6 Å². The summed E-state index contributed by atoms with van der Waals surface area (Å²) < 4.78 is 0. The summed E-state index contributed by atoms with van der Waals surface area (Å²) in [6.45, 7) is 0. The Hall–Kier alpha value is -0.0500. The summed E-state index contributed by atoms with van der Waals surface area (Å²) in [6, 6.07) is 6.00. The van der Waals surface area contributed by atoms with Crippen LogP contribution in [0.5, 0.6) is 0 Å². The Bertz CT molecular complexity index is 408. The van der Waals surface area contributed by atoms with Gasteiger partial charge in [0.15, 0.2) is 0 Å². The van der Waals surface area contributed by atoms with Crippen molar-refractivity contribution in [1.82, 2.24) is 0 Å². The molecule has 0 fully saturated rings. The van der Waals surface area contributed by atoms with Gasteiger partial charge in [0.2, 0.25) is 0 Å². The lowest BCUT2D eigenvalue weighted by atomic mass is 10.2. The van der Waals surface area contributed by atoms with Crippen LogP contribution in [0.4, 0.5) is 0 Å². The highest BCUT2D eigenvalue weighted by molar-refractivity contribution is 9.08. The van der Waals surface area contributed by atoms with Crippen LogP contribution < -0.4 is 0 Å². The van der Waals surface area contributed by atoms with Gasteiger partial charge in [0.05, 0.1) is 0 Å². The Labute approximate surface area is 88.3 Å². The zero-order valence-corrected chi connectivity index (χ0v) is 9.34. The van der Waals surface area contributed by atoms with E-state index in [1.54, 1.807) is 11.3 Å². The first-order valence-corrected chi connectivity index (χ1v) is 5.91. The second-order valence-electron chi connectivity index (χ2n) is 2.52. The molecule has 0 unspecified atom stereocenters. The van der Waals surface area contributed by atoms with Gasteiger partial charge in [0, 0.05) is 15.2 Å². The topological polar surface area (TPSA) is 0 Å². The van der Waals surface area contributed by atoms with E-state index >= 15 is 0 Å². The van der Waals surface area contributed by atoms with E-state index in [0.29, 0.717) is 0 Å². The zero-order valence-electron chi connectivity index (χ0n) is 6.18. The highest BCUT2D eigenvalue weighted by Gasteiger charge is 2.02. The fourth-order valence-corrected chi connectivity index (χ4v) is 2.89. The van der Waals surface area contributed by atoms with Crippen LogP contribution in [0.1, 0.15) is 4.88 Å². The molecular weight excluding hydrogens is 256 g/mol. The highest BCUT2D eigenvalue weighted by atomic mass is 79.9. The van der Waals surface area contributed by atoms with Gasteiger partial charge in [-0.15, -0.1) is 11.3 Å². The fraction of sp³-hybridized carbons (Fsp3) is 0.111. The summed E-state index contributed by atoms with van der Waals surface area (Å²) in [5.41, 5.74) is 0. The molecule has 0 atom stereocenters. The minimum Gasteiger partial charge on any atom is -0.147 e. The standard InChI is InChI=1S/C9H6BrClS/c10-4-9-8-3-7(11)2-1-6(8)5-12-9/h1-3,5H,4H2. The average molecular weight is 262 g/mol. The summed E-state index contributed by atoms with van der Waals surface area (Å²) in [5.74, 6) is 0. The van der Waals surface area contributed by atoms with Crippen LogP contribution in [0.3, 0.4) is 0 Å². The van der Waals surface area contributed by atoms with E-state index in [9.17, 15) is 0 Å². The van der Waals surface area contributed by atoms with Crippen LogP contribution >= 0.6 is 38.9 Å². The molecule has 1 aromatic heterocycles. The van der Waals surface area contributed by atoms with Crippen molar-refractivity contribution in [3.05, 3.63) is 33.5 Å². The normalized spacial score (nSPS) is 10.8. The lowest BCUT2D eigenvalue weighted by molar-refractivity contribution is 1.62. The number of thiophene rings is 1. The van der Waals surface area contributed by atoms with Crippen LogP contribution in [-0.2, 0) is 5.33 Å². The Morgan fingerprint density at radius 3 is 3.00 bits per heavy atom. The lowest BCUT2D eigenvalue weighted by Crippen LogP contribution is -1.70. The van der Waals surface area contributed by atoms with Crippen molar-refractivity contribution in [1.29, 1.82) is 0 Å². The number of hydrogen-bond donors (Lipinski definition) is 0. The summed E-state index contributed by atoms with van der Waals surface area (Å²) in [7, 11) is 0. The molecule has 12 heavy (non-hydrogen) atoms. The van der Waals surface area contributed by atoms with Gasteiger partial charge >= 0.3 is 0 Å². The lowest BCUT2D eigenvalue weighted by Gasteiger charge is -1.93. The van der Waals surface area contributed by atoms with Gasteiger partial charge in [0.1, 0.15) is 0 Å². The SMILES string of the molecule is Clc1ccc2csc(CBr)c2c1. The molecule has 0 aliphatic heterocycles. The molecule has 0 amide bonds. The molecule has 0 saturated heterocycles. The first kappa shape index (κ1) is 8.54. The van der Waals surface area contributed by atoms with Crippen LogP contribution in [0, 0.1) is 0 Å². The molecule has 0 aliphatic carbocycles. The second kappa shape index (κ2) is 3.36. The molecule has 0 spiro atoms. The largest absolute Gasteiger partial charge is 0.147 e. The van der Waals surface area contributed by atoms with E-state index < -0.39 is 0 Å². The number of halogens is 2. The monoisotopic (exact) mass is 260 g/mol. The molecule has 0 N–H and O–H groups in total.